The second kappa shape index (κ2) is 11.0. The summed E-state index contributed by atoms with van der Waals surface area (Å²) in [6.45, 7) is 1.61. The standard InChI is InChI=1S/C14H17I3O8/c1-6(17)14(22)25-9-3-7(23-10(18)4-15)2-8(12(9)13(20)21)24-11(19)5-16/h6-9,12H,2-5H2,1H3,(H,20,21). The van der Waals surface area contributed by atoms with Gasteiger partial charge in [0, 0.05) is 12.8 Å². The maximum absolute atomic E-state index is 11.9. The highest BCUT2D eigenvalue weighted by atomic mass is 127. The van der Waals surface area contributed by atoms with E-state index in [1.54, 1.807) is 29.5 Å². The molecule has 0 spiro atoms. The molecule has 0 aromatic heterocycles. The third-order valence-electron chi connectivity index (χ3n) is 3.47. The van der Waals surface area contributed by atoms with Crippen LogP contribution in [-0.4, -0.2) is 60.1 Å². The van der Waals surface area contributed by atoms with Gasteiger partial charge in [0.2, 0.25) is 0 Å². The zero-order valence-corrected chi connectivity index (χ0v) is 19.6. The van der Waals surface area contributed by atoms with Gasteiger partial charge in [-0.3, -0.25) is 19.2 Å². The van der Waals surface area contributed by atoms with Crippen LogP contribution in [0.4, 0.5) is 0 Å². The lowest BCUT2D eigenvalue weighted by atomic mass is 9.82. The number of aliphatic carboxylic acids is 1. The van der Waals surface area contributed by atoms with Gasteiger partial charge in [0.15, 0.2) is 0 Å². The Labute approximate surface area is 185 Å². The fraction of sp³-hybridized carbons (Fsp3) is 0.714. The fourth-order valence-electron chi connectivity index (χ4n) is 2.46. The third kappa shape index (κ3) is 7.30. The van der Waals surface area contributed by atoms with Crippen molar-refractivity contribution in [2.75, 3.05) is 8.86 Å². The van der Waals surface area contributed by atoms with E-state index in [4.69, 9.17) is 14.2 Å². The molecule has 1 fully saturated rings. The molecule has 0 aromatic carbocycles. The number of rotatable bonds is 7. The molecule has 1 N–H and O–H groups in total. The molecule has 142 valence electrons. The minimum Gasteiger partial charge on any atom is -0.481 e. The van der Waals surface area contributed by atoms with Crippen LogP contribution in [0.25, 0.3) is 0 Å². The summed E-state index contributed by atoms with van der Waals surface area (Å²) in [5.41, 5.74) is 0. The van der Waals surface area contributed by atoms with Gasteiger partial charge in [0.1, 0.15) is 28.2 Å². The number of ether oxygens (including phenoxy) is 3. The van der Waals surface area contributed by atoms with Crippen LogP contribution in [0.1, 0.15) is 19.8 Å². The zero-order valence-electron chi connectivity index (χ0n) is 13.2. The van der Waals surface area contributed by atoms with Crippen molar-refractivity contribution in [3.05, 3.63) is 0 Å². The number of carbonyl (C=O) groups is 4. The SMILES string of the molecule is CC(I)C(=O)OC1CC(OC(=O)CI)CC(OC(=O)CI)C1C(=O)O. The van der Waals surface area contributed by atoms with Gasteiger partial charge < -0.3 is 19.3 Å². The average Bonchev–Trinajstić information content (AvgIpc) is 2.53. The molecule has 8 nitrogen and oxygen atoms in total. The van der Waals surface area contributed by atoms with E-state index in [0.717, 1.165) is 0 Å². The molecular weight excluding hydrogens is 677 g/mol. The molecule has 25 heavy (non-hydrogen) atoms. The summed E-state index contributed by atoms with van der Waals surface area (Å²) >= 11 is 5.51. The first-order chi connectivity index (χ1) is 11.7. The van der Waals surface area contributed by atoms with E-state index in [1.165, 1.54) is 0 Å². The van der Waals surface area contributed by atoms with Crippen LogP contribution in [0.15, 0.2) is 0 Å². The van der Waals surface area contributed by atoms with Crippen LogP contribution in [0.3, 0.4) is 0 Å². The lowest BCUT2D eigenvalue weighted by Gasteiger charge is -2.38. The summed E-state index contributed by atoms with van der Waals surface area (Å²) in [6.07, 6.45) is -2.67. The highest BCUT2D eigenvalue weighted by Crippen LogP contribution is 2.33. The Hall–Kier alpha value is 0.0700. The average molecular weight is 694 g/mol. The Kier molecular flexibility index (Phi) is 10.2. The second-order valence-electron chi connectivity index (χ2n) is 5.33. The maximum Gasteiger partial charge on any atom is 0.318 e. The van der Waals surface area contributed by atoms with E-state index in [9.17, 15) is 24.3 Å². The van der Waals surface area contributed by atoms with E-state index in [0.29, 0.717) is 0 Å². The van der Waals surface area contributed by atoms with Crippen molar-refractivity contribution in [3.8, 4) is 0 Å². The summed E-state index contributed by atoms with van der Waals surface area (Å²) in [5, 5.41) is 9.54. The number of carbonyl (C=O) groups excluding carboxylic acids is 3. The van der Waals surface area contributed by atoms with Crippen molar-refractivity contribution in [3.63, 3.8) is 0 Å². The van der Waals surface area contributed by atoms with Crippen molar-refractivity contribution >= 4 is 91.6 Å². The first-order valence-corrected chi connectivity index (χ1v) is 11.6. The molecule has 0 amide bonds. The van der Waals surface area contributed by atoms with Gasteiger partial charge in [-0.15, -0.1) is 0 Å². The quantitative estimate of drug-likeness (QED) is 0.186. The number of hydrogen-bond acceptors (Lipinski definition) is 7. The number of esters is 3. The first-order valence-electron chi connectivity index (χ1n) is 7.27. The van der Waals surface area contributed by atoms with Crippen LogP contribution in [0.5, 0.6) is 0 Å². The van der Waals surface area contributed by atoms with Crippen molar-refractivity contribution in [1.29, 1.82) is 0 Å². The van der Waals surface area contributed by atoms with E-state index < -0.39 is 52.0 Å². The lowest BCUT2D eigenvalue weighted by molar-refractivity contribution is -0.184. The molecule has 1 saturated carbocycles. The van der Waals surface area contributed by atoms with E-state index in [-0.39, 0.29) is 21.7 Å². The van der Waals surface area contributed by atoms with Gasteiger partial charge in [-0.25, -0.2) is 0 Å². The minimum atomic E-state index is -1.23. The van der Waals surface area contributed by atoms with Gasteiger partial charge in [0.25, 0.3) is 0 Å². The van der Waals surface area contributed by atoms with Crippen molar-refractivity contribution in [2.45, 2.75) is 42.0 Å². The molecule has 1 aliphatic carbocycles. The Morgan fingerprint density at radius 2 is 1.48 bits per heavy atom. The van der Waals surface area contributed by atoms with Crippen LogP contribution >= 0.6 is 67.8 Å². The number of alkyl halides is 3. The first kappa shape index (κ1) is 23.1. The Morgan fingerprint density at radius 3 is 1.92 bits per heavy atom. The van der Waals surface area contributed by atoms with Gasteiger partial charge >= 0.3 is 23.9 Å². The van der Waals surface area contributed by atoms with Crippen molar-refractivity contribution in [1.82, 2.24) is 0 Å². The third-order valence-corrected chi connectivity index (χ3v) is 5.22. The molecular formula is C14H17I3O8. The molecule has 0 saturated heterocycles. The summed E-state index contributed by atoms with van der Waals surface area (Å²) in [7, 11) is 0. The molecule has 5 unspecified atom stereocenters. The summed E-state index contributed by atoms with van der Waals surface area (Å²) in [4.78, 5) is 46.8. The lowest BCUT2D eigenvalue weighted by Crippen LogP contribution is -2.51. The van der Waals surface area contributed by atoms with Gasteiger partial charge in [-0.05, 0) is 6.92 Å². The molecule has 11 heteroatoms. The highest BCUT2D eigenvalue weighted by Gasteiger charge is 2.47. The van der Waals surface area contributed by atoms with E-state index in [2.05, 4.69) is 0 Å². The van der Waals surface area contributed by atoms with Crippen LogP contribution < -0.4 is 0 Å². The monoisotopic (exact) mass is 694 g/mol. The largest absolute Gasteiger partial charge is 0.481 e. The Morgan fingerprint density at radius 1 is 1.00 bits per heavy atom. The Balaban J connectivity index is 3.04. The fourth-order valence-corrected chi connectivity index (χ4v) is 2.97. The van der Waals surface area contributed by atoms with Crippen molar-refractivity contribution in [2.24, 2.45) is 5.92 Å². The number of hydrogen-bond donors (Lipinski definition) is 1. The molecule has 1 aliphatic rings. The van der Waals surface area contributed by atoms with Crippen LogP contribution in [0, 0.1) is 5.92 Å². The highest BCUT2D eigenvalue weighted by molar-refractivity contribution is 14.1. The predicted octanol–water partition coefficient (Wildman–Crippen LogP) is 1.91. The molecule has 0 aliphatic heterocycles. The van der Waals surface area contributed by atoms with Crippen LogP contribution in [-0.2, 0) is 33.4 Å². The molecule has 0 bridgehead atoms. The Bertz CT molecular complexity index is 524. The number of carboxylic acid groups (broad SMARTS) is 1. The van der Waals surface area contributed by atoms with Gasteiger partial charge in [0.05, 0.1) is 8.86 Å². The molecule has 0 aromatic rings. The second-order valence-corrected chi connectivity index (χ2v) is 8.73. The van der Waals surface area contributed by atoms with Gasteiger partial charge in [-0.2, -0.15) is 0 Å². The normalized spacial score (nSPS) is 27.0. The molecule has 5 atom stereocenters. The molecule has 1 rings (SSSR count). The van der Waals surface area contributed by atoms with E-state index in [1.807, 2.05) is 45.2 Å². The van der Waals surface area contributed by atoms with Crippen molar-refractivity contribution < 1.29 is 38.5 Å². The maximum atomic E-state index is 11.9. The predicted molar refractivity (Wildman–Crippen MR) is 111 cm³/mol. The minimum absolute atomic E-state index is 0.0483. The summed E-state index contributed by atoms with van der Waals surface area (Å²) in [5.74, 6) is -4.06. The van der Waals surface area contributed by atoms with E-state index >= 15 is 0 Å². The summed E-state index contributed by atoms with van der Waals surface area (Å²) < 4.78 is 15.5. The molecule has 0 radical (unpaired) electrons. The van der Waals surface area contributed by atoms with Crippen LogP contribution in [0.2, 0.25) is 0 Å². The number of halogens is 3. The topological polar surface area (TPSA) is 116 Å². The number of carboxylic acids is 1. The molecule has 0 heterocycles. The smallest absolute Gasteiger partial charge is 0.318 e. The van der Waals surface area contributed by atoms with Gasteiger partial charge in [-0.1, -0.05) is 67.8 Å². The summed E-state index contributed by atoms with van der Waals surface area (Å²) in [6, 6.07) is 0. The zero-order chi connectivity index (χ0) is 19.1.